The van der Waals surface area contributed by atoms with Gasteiger partial charge in [0.05, 0.1) is 17.8 Å². The molecule has 0 amide bonds. The first-order valence-corrected chi connectivity index (χ1v) is 6.67. The minimum Gasteiger partial charge on any atom is -0.480 e. The highest BCUT2D eigenvalue weighted by Crippen LogP contribution is 2.25. The first kappa shape index (κ1) is 14.8. The zero-order valence-corrected chi connectivity index (χ0v) is 10.6. The van der Waals surface area contributed by atoms with Crippen molar-refractivity contribution in [1.82, 2.24) is 4.98 Å². The van der Waals surface area contributed by atoms with Gasteiger partial charge in [-0.15, -0.1) is 0 Å². The van der Waals surface area contributed by atoms with Crippen LogP contribution in [0.2, 0.25) is 0 Å². The molecule has 0 bridgehead atoms. The van der Waals surface area contributed by atoms with Crippen molar-refractivity contribution in [3.8, 4) is 5.88 Å². The van der Waals surface area contributed by atoms with Crippen molar-refractivity contribution in [1.29, 1.82) is 0 Å². The lowest BCUT2D eigenvalue weighted by atomic mass is 10.3. The van der Waals surface area contributed by atoms with Gasteiger partial charge in [0.15, 0.2) is 9.84 Å². The molecule has 0 saturated heterocycles. The standard InChI is InChI=1S/C9H10N2O7S/c1-18-9-7(11(14)15)2-6(3-10-9)4-19(16,17)5-8(12)13/h2-3H,4-5H2,1H3,(H,12,13). The molecule has 1 heterocycles. The van der Waals surface area contributed by atoms with Crippen molar-refractivity contribution >= 4 is 21.5 Å². The summed E-state index contributed by atoms with van der Waals surface area (Å²) in [4.78, 5) is 23.9. The quantitative estimate of drug-likeness (QED) is 0.570. The third-order valence-corrected chi connectivity index (χ3v) is 3.47. The van der Waals surface area contributed by atoms with Gasteiger partial charge in [-0.1, -0.05) is 0 Å². The molecule has 0 fully saturated rings. The highest BCUT2D eigenvalue weighted by atomic mass is 32.2. The van der Waals surface area contributed by atoms with Crippen molar-refractivity contribution < 1.29 is 28.0 Å². The molecule has 1 rings (SSSR count). The smallest absolute Gasteiger partial charge is 0.331 e. The summed E-state index contributed by atoms with van der Waals surface area (Å²) in [5.41, 5.74) is -0.459. The number of ether oxygens (including phenoxy) is 1. The number of pyridine rings is 1. The molecule has 0 aliphatic heterocycles. The molecule has 19 heavy (non-hydrogen) atoms. The molecule has 0 unspecified atom stereocenters. The average molecular weight is 290 g/mol. The van der Waals surface area contributed by atoms with Crippen LogP contribution in [0.25, 0.3) is 0 Å². The fourth-order valence-electron chi connectivity index (χ4n) is 1.34. The van der Waals surface area contributed by atoms with Gasteiger partial charge in [0.2, 0.25) is 0 Å². The Morgan fingerprint density at radius 2 is 2.21 bits per heavy atom. The van der Waals surface area contributed by atoms with E-state index in [1.54, 1.807) is 0 Å². The topological polar surface area (TPSA) is 137 Å². The van der Waals surface area contributed by atoms with Crippen LogP contribution >= 0.6 is 0 Å². The molecular formula is C9H10N2O7S. The lowest BCUT2D eigenvalue weighted by Gasteiger charge is -2.04. The van der Waals surface area contributed by atoms with E-state index in [2.05, 4.69) is 9.72 Å². The lowest BCUT2D eigenvalue weighted by molar-refractivity contribution is -0.386. The zero-order chi connectivity index (χ0) is 14.6. The molecule has 0 aliphatic rings. The number of carboxylic acids is 1. The number of hydrogen-bond donors (Lipinski definition) is 1. The first-order valence-electron chi connectivity index (χ1n) is 4.84. The van der Waals surface area contributed by atoms with E-state index in [-0.39, 0.29) is 11.4 Å². The van der Waals surface area contributed by atoms with Crippen LogP contribution in [0.4, 0.5) is 5.69 Å². The van der Waals surface area contributed by atoms with Crippen molar-refractivity contribution in [3.05, 3.63) is 27.9 Å². The monoisotopic (exact) mass is 290 g/mol. The van der Waals surface area contributed by atoms with E-state index in [9.17, 15) is 23.3 Å². The van der Waals surface area contributed by atoms with Gasteiger partial charge in [0.25, 0.3) is 5.88 Å². The Kier molecular flexibility index (Phi) is 4.38. The van der Waals surface area contributed by atoms with Crippen molar-refractivity contribution in [3.63, 3.8) is 0 Å². The van der Waals surface area contributed by atoms with E-state index in [4.69, 9.17) is 5.11 Å². The summed E-state index contributed by atoms with van der Waals surface area (Å²) in [6.45, 7) is 0. The molecule has 1 aromatic heterocycles. The van der Waals surface area contributed by atoms with Crippen molar-refractivity contribution in [2.75, 3.05) is 12.9 Å². The van der Waals surface area contributed by atoms with E-state index in [0.717, 1.165) is 12.3 Å². The van der Waals surface area contributed by atoms with Crippen LogP contribution in [0.3, 0.4) is 0 Å². The number of carbonyl (C=O) groups is 1. The number of hydrogen-bond acceptors (Lipinski definition) is 7. The summed E-state index contributed by atoms with van der Waals surface area (Å²) in [5, 5.41) is 19.1. The highest BCUT2D eigenvalue weighted by Gasteiger charge is 2.21. The van der Waals surface area contributed by atoms with Gasteiger partial charge in [0, 0.05) is 12.3 Å². The van der Waals surface area contributed by atoms with Crippen molar-refractivity contribution in [2.24, 2.45) is 0 Å². The number of aromatic nitrogens is 1. The zero-order valence-electron chi connectivity index (χ0n) is 9.77. The first-order chi connectivity index (χ1) is 8.75. The Morgan fingerprint density at radius 1 is 1.58 bits per heavy atom. The van der Waals surface area contributed by atoms with Crippen LogP contribution in [-0.4, -0.2) is 42.3 Å². The van der Waals surface area contributed by atoms with Crippen molar-refractivity contribution in [2.45, 2.75) is 5.75 Å². The van der Waals surface area contributed by atoms with Gasteiger partial charge in [-0.3, -0.25) is 14.9 Å². The van der Waals surface area contributed by atoms with Gasteiger partial charge in [-0.05, 0) is 5.56 Å². The predicted octanol–water partition coefficient (Wildman–Crippen LogP) is -0.00220. The molecular weight excluding hydrogens is 280 g/mol. The molecule has 1 N–H and O–H groups in total. The third-order valence-electron chi connectivity index (χ3n) is 2.01. The van der Waals surface area contributed by atoms with E-state index in [0.29, 0.717) is 0 Å². The summed E-state index contributed by atoms with van der Waals surface area (Å²) in [5.74, 6) is -3.43. The van der Waals surface area contributed by atoms with Gasteiger partial charge in [0.1, 0.15) is 5.75 Å². The maximum absolute atomic E-state index is 11.4. The molecule has 0 saturated carbocycles. The second-order valence-electron chi connectivity index (χ2n) is 3.56. The van der Waals surface area contributed by atoms with Gasteiger partial charge < -0.3 is 9.84 Å². The average Bonchev–Trinajstić information content (AvgIpc) is 2.26. The Bertz CT molecular complexity index is 611. The molecule has 0 spiro atoms. The summed E-state index contributed by atoms with van der Waals surface area (Å²) < 4.78 is 27.5. The van der Waals surface area contributed by atoms with Crippen LogP contribution < -0.4 is 4.74 Å². The van der Waals surface area contributed by atoms with Crippen LogP contribution in [0.5, 0.6) is 5.88 Å². The number of nitro groups is 1. The summed E-state index contributed by atoms with van der Waals surface area (Å²) in [6, 6.07) is 0.991. The molecule has 0 aromatic carbocycles. The number of nitrogens with zero attached hydrogens (tertiary/aromatic N) is 2. The number of rotatable bonds is 6. The second kappa shape index (κ2) is 5.61. The number of sulfone groups is 1. The minimum atomic E-state index is -3.90. The number of carboxylic acid groups (broad SMARTS) is 1. The largest absolute Gasteiger partial charge is 0.480 e. The van der Waals surface area contributed by atoms with E-state index >= 15 is 0 Å². The fourth-order valence-corrected chi connectivity index (χ4v) is 2.49. The summed E-state index contributed by atoms with van der Waals surface area (Å²) >= 11 is 0. The molecule has 10 heteroatoms. The Hall–Kier alpha value is -2.23. The number of methoxy groups -OCH3 is 1. The van der Waals surface area contributed by atoms with Gasteiger partial charge >= 0.3 is 11.7 Å². The molecule has 104 valence electrons. The highest BCUT2D eigenvalue weighted by molar-refractivity contribution is 7.91. The Labute approximate surface area is 107 Å². The molecule has 0 atom stereocenters. The van der Waals surface area contributed by atoms with Gasteiger partial charge in [-0.25, -0.2) is 13.4 Å². The minimum absolute atomic E-state index is 0.0220. The van der Waals surface area contributed by atoms with Gasteiger partial charge in [-0.2, -0.15) is 0 Å². The SMILES string of the molecule is COc1ncc(CS(=O)(=O)CC(=O)O)cc1[N+](=O)[O-]. The molecule has 9 nitrogen and oxygen atoms in total. The maximum atomic E-state index is 11.4. The van der Waals surface area contributed by atoms with Crippen LogP contribution in [-0.2, 0) is 20.4 Å². The van der Waals surface area contributed by atoms with Crippen LogP contribution in [0.1, 0.15) is 5.56 Å². The Morgan fingerprint density at radius 3 is 2.68 bits per heavy atom. The summed E-state index contributed by atoms with van der Waals surface area (Å²) in [6.07, 6.45) is 1.09. The molecule has 0 radical (unpaired) electrons. The normalized spacial score (nSPS) is 11.0. The predicted molar refractivity (Wildman–Crippen MR) is 62.6 cm³/mol. The van der Waals surface area contributed by atoms with E-state index in [1.807, 2.05) is 0 Å². The van der Waals surface area contributed by atoms with Crippen LogP contribution in [0, 0.1) is 10.1 Å². The second-order valence-corrected chi connectivity index (χ2v) is 5.62. The fraction of sp³-hybridized carbons (Fsp3) is 0.333. The summed E-state index contributed by atoms with van der Waals surface area (Å²) in [7, 11) is -2.71. The molecule has 0 aliphatic carbocycles. The van der Waals surface area contributed by atoms with Crippen LogP contribution in [0.15, 0.2) is 12.3 Å². The van der Waals surface area contributed by atoms with E-state index < -0.39 is 37.9 Å². The lowest BCUT2D eigenvalue weighted by Crippen LogP contribution is -2.17. The molecule has 1 aromatic rings. The van der Waals surface area contributed by atoms with E-state index in [1.165, 1.54) is 7.11 Å². The third kappa shape index (κ3) is 4.17. The Balaban J connectivity index is 3.07. The maximum Gasteiger partial charge on any atom is 0.331 e. The number of aliphatic carboxylic acids is 1.